The molecule has 19 aromatic carbocycles. The summed E-state index contributed by atoms with van der Waals surface area (Å²) >= 11 is 0. The maximum atomic E-state index is 9.45. The summed E-state index contributed by atoms with van der Waals surface area (Å²) in [6.45, 7) is 0. The van der Waals surface area contributed by atoms with Gasteiger partial charge >= 0.3 is 0 Å². The number of fused-ring (bicyclic) bond motifs is 4. The molecule has 0 saturated heterocycles. The molecule has 0 bridgehead atoms. The van der Waals surface area contributed by atoms with Crippen LogP contribution >= 0.6 is 0 Å². The SMILES string of the molecule is N#Cc1ccc2c(c1)Oc1ccc(-c3ccc(-c4cc5ccc6cc(-c7nc(-c8ccccc8)cc(-c8ccccc8)n7)cc7ccc(c4)c5c67)cc3)c3cccc-2c13.N#Cc1ccc2c(c1)Oc1cccc3c(-c4ccc(-c5cc6ccc7cc(-c8cc(-c9ccccn9)cc(-c9ccccn9)c8)cc8ccc(c5)c6c78)cc4)ccc-2c13. The van der Waals surface area contributed by atoms with Gasteiger partial charge < -0.3 is 9.47 Å². The van der Waals surface area contributed by atoms with Crippen LogP contribution in [0, 0.1) is 22.7 Å². The van der Waals surface area contributed by atoms with Crippen LogP contribution in [0.15, 0.2) is 376 Å². The maximum absolute atomic E-state index is 9.45. The third-order valence-electron chi connectivity index (χ3n) is 23.7. The van der Waals surface area contributed by atoms with Crippen LogP contribution in [-0.2, 0) is 0 Å². The predicted octanol–water partition coefficient (Wildman–Crippen LogP) is 29.0. The molecule has 8 heteroatoms. The van der Waals surface area contributed by atoms with Crippen LogP contribution in [0.5, 0.6) is 23.0 Å². The summed E-state index contributed by atoms with van der Waals surface area (Å²) in [5, 5.41) is 38.1. The number of rotatable bonds is 10. The molecule has 5 heterocycles. The average Bonchev–Trinajstić information content (AvgIpc) is 0.740. The summed E-state index contributed by atoms with van der Waals surface area (Å²) in [4.78, 5) is 19.6. The van der Waals surface area contributed by atoms with Crippen molar-refractivity contribution in [2.24, 2.45) is 0 Å². The number of nitrogens with zero attached hydrogens (tertiary/aromatic N) is 6. The third kappa shape index (κ3) is 11.4. The Labute approximate surface area is 678 Å². The van der Waals surface area contributed by atoms with Crippen molar-refractivity contribution >= 4 is 86.2 Å². The van der Waals surface area contributed by atoms with E-state index in [0.29, 0.717) is 17.0 Å². The van der Waals surface area contributed by atoms with E-state index < -0.39 is 0 Å². The number of nitriles is 2. The maximum Gasteiger partial charge on any atom is 0.160 e. The summed E-state index contributed by atoms with van der Waals surface area (Å²) in [5.74, 6) is 3.77. The zero-order valence-corrected chi connectivity index (χ0v) is 63.3. The van der Waals surface area contributed by atoms with Crippen molar-refractivity contribution in [2.75, 3.05) is 0 Å². The Morgan fingerprint density at radius 2 is 0.559 bits per heavy atom. The largest absolute Gasteiger partial charge is 0.456 e. The summed E-state index contributed by atoms with van der Waals surface area (Å²) in [7, 11) is 0. The van der Waals surface area contributed by atoms with E-state index in [1.165, 1.54) is 86.9 Å². The van der Waals surface area contributed by atoms with Crippen LogP contribution in [0.1, 0.15) is 11.1 Å². The molecule has 0 spiro atoms. The minimum Gasteiger partial charge on any atom is -0.456 e. The van der Waals surface area contributed by atoms with Crippen LogP contribution in [0.25, 0.3) is 220 Å². The van der Waals surface area contributed by atoms with E-state index in [4.69, 9.17) is 19.4 Å². The molecular weight excluding hydrogens is 1440 g/mol. The lowest BCUT2D eigenvalue weighted by Gasteiger charge is -2.22. The van der Waals surface area contributed by atoms with Gasteiger partial charge in [-0.2, -0.15) is 10.5 Å². The Kier molecular flexibility index (Phi) is 15.6. The second-order valence-corrected chi connectivity index (χ2v) is 30.6. The Morgan fingerprint density at radius 1 is 0.203 bits per heavy atom. The van der Waals surface area contributed by atoms with Crippen molar-refractivity contribution in [1.82, 2.24) is 19.9 Å². The molecule has 0 atom stereocenters. The molecule has 0 aliphatic carbocycles. The van der Waals surface area contributed by atoms with Gasteiger partial charge in [-0.1, -0.05) is 218 Å². The van der Waals surface area contributed by atoms with Crippen LogP contribution in [-0.4, -0.2) is 19.9 Å². The first-order chi connectivity index (χ1) is 58.3. The monoisotopic (exact) mass is 1500 g/mol. The lowest BCUT2D eigenvalue weighted by Crippen LogP contribution is -1.98. The van der Waals surface area contributed by atoms with Gasteiger partial charge in [0.2, 0.25) is 0 Å². The van der Waals surface area contributed by atoms with Gasteiger partial charge in [0.1, 0.15) is 23.0 Å². The number of hydrogen-bond acceptors (Lipinski definition) is 8. The quantitative estimate of drug-likeness (QED) is 0.124. The van der Waals surface area contributed by atoms with Crippen molar-refractivity contribution in [3.63, 3.8) is 0 Å². The van der Waals surface area contributed by atoms with Gasteiger partial charge in [0.25, 0.3) is 0 Å². The van der Waals surface area contributed by atoms with Crippen LogP contribution in [0.2, 0.25) is 0 Å². The van der Waals surface area contributed by atoms with E-state index in [9.17, 15) is 10.5 Å². The van der Waals surface area contributed by atoms with Gasteiger partial charge in [0.15, 0.2) is 5.82 Å². The lowest BCUT2D eigenvalue weighted by molar-refractivity contribution is 0.486. The molecule has 0 radical (unpaired) electrons. The van der Waals surface area contributed by atoms with E-state index in [2.05, 4.69) is 277 Å². The molecule has 3 aromatic heterocycles. The number of ether oxygens (including phenoxy) is 2. The van der Waals surface area contributed by atoms with Gasteiger partial charge in [0.05, 0.1) is 46.0 Å². The van der Waals surface area contributed by atoms with Gasteiger partial charge in [-0.3, -0.25) is 9.97 Å². The Balaban J connectivity index is 0.000000138. The number of aromatic nitrogens is 4. The Morgan fingerprint density at radius 3 is 0.992 bits per heavy atom. The van der Waals surface area contributed by atoms with E-state index in [0.717, 1.165) is 151 Å². The molecule has 0 unspecified atom stereocenters. The van der Waals surface area contributed by atoms with E-state index >= 15 is 0 Å². The molecule has 0 N–H and O–H groups in total. The summed E-state index contributed by atoms with van der Waals surface area (Å²) in [5.41, 5.74) is 25.9. The van der Waals surface area contributed by atoms with Crippen molar-refractivity contribution < 1.29 is 9.47 Å². The molecule has 8 nitrogen and oxygen atoms in total. The third-order valence-corrected chi connectivity index (χ3v) is 23.7. The van der Waals surface area contributed by atoms with Crippen molar-refractivity contribution in [3.8, 4) is 169 Å². The van der Waals surface area contributed by atoms with Gasteiger partial charge in [0, 0.05) is 62.1 Å². The van der Waals surface area contributed by atoms with Crippen molar-refractivity contribution in [2.45, 2.75) is 0 Å². The molecule has 0 fully saturated rings. The highest BCUT2D eigenvalue weighted by Gasteiger charge is 2.26. The summed E-state index contributed by atoms with van der Waals surface area (Å²) in [6, 6.07) is 133. The normalized spacial score (nSPS) is 11.8. The Bertz CT molecular complexity index is 7300. The smallest absolute Gasteiger partial charge is 0.160 e. The molecule has 544 valence electrons. The van der Waals surface area contributed by atoms with Gasteiger partial charge in [-0.15, -0.1) is 0 Å². The fourth-order valence-electron chi connectivity index (χ4n) is 18.1. The number of benzene rings is 19. The average molecular weight is 1500 g/mol. The zero-order valence-electron chi connectivity index (χ0n) is 63.3. The molecule has 2 aliphatic rings. The summed E-state index contributed by atoms with van der Waals surface area (Å²) < 4.78 is 12.7. The molecule has 22 aromatic rings. The Hall–Kier alpha value is -16.3. The first-order valence-corrected chi connectivity index (χ1v) is 39.5. The van der Waals surface area contributed by atoms with E-state index in [1.807, 2.05) is 122 Å². The van der Waals surface area contributed by atoms with Crippen molar-refractivity contribution in [1.29, 1.82) is 10.5 Å². The fourth-order valence-corrected chi connectivity index (χ4v) is 18.1. The standard InChI is InChI=1S/2C55H31N3O/c56-32-33-10-19-46-48-21-20-45(47-6-5-9-51(55(47)48)59-52(46)24-33)35-13-11-34(12-14-35)40-25-36-15-17-38-27-41(28-39-18-16-37(26-40)53(36)54(38)39)42-29-43(49-7-1-3-22-57-49)31-44(30-42)50-8-2-4-23-58-50;56-32-33-14-23-45-47-13-7-12-46-44(24-25-50(54(46)47)59-51(45)26-33)35-17-15-34(16-18-35)42-27-38-19-21-40-29-43(30-41-22-20-39(28-42)52(38)53(40)41)55-57-48(36-8-3-1-4-9-36)31-49(58-55)37-10-5-2-6-11-37/h2*1-31H. The van der Waals surface area contributed by atoms with Crippen LogP contribution in [0.3, 0.4) is 0 Å². The fraction of sp³-hybridized carbons (Fsp3) is 0. The second kappa shape index (κ2) is 27.3. The molecular formula is C110H62N6O2. The van der Waals surface area contributed by atoms with Crippen LogP contribution < -0.4 is 9.47 Å². The zero-order chi connectivity index (χ0) is 78.1. The topological polar surface area (TPSA) is 118 Å². The first kappa shape index (κ1) is 67.4. The summed E-state index contributed by atoms with van der Waals surface area (Å²) in [6.07, 6.45) is 3.69. The van der Waals surface area contributed by atoms with E-state index in [1.54, 1.807) is 0 Å². The molecule has 0 saturated carbocycles. The highest BCUT2D eigenvalue weighted by atomic mass is 16.5. The molecule has 118 heavy (non-hydrogen) atoms. The minimum atomic E-state index is 0.588. The highest BCUT2D eigenvalue weighted by Crippen LogP contribution is 2.52. The number of pyridine rings is 2. The van der Waals surface area contributed by atoms with E-state index in [-0.39, 0.29) is 0 Å². The lowest BCUT2D eigenvalue weighted by atomic mass is 9.88. The molecule has 0 amide bonds. The second-order valence-electron chi connectivity index (χ2n) is 30.6. The van der Waals surface area contributed by atoms with Gasteiger partial charge in [-0.25, -0.2) is 9.97 Å². The number of hydrogen-bond donors (Lipinski definition) is 0. The predicted molar refractivity (Wildman–Crippen MR) is 481 cm³/mol. The first-order valence-electron chi connectivity index (χ1n) is 39.5. The minimum absolute atomic E-state index is 0.588. The van der Waals surface area contributed by atoms with Gasteiger partial charge in [-0.05, 0) is 288 Å². The molecule has 2 aliphatic heterocycles. The molecule has 24 rings (SSSR count). The van der Waals surface area contributed by atoms with Crippen molar-refractivity contribution in [3.05, 3.63) is 388 Å². The highest BCUT2D eigenvalue weighted by molar-refractivity contribution is 6.26. The van der Waals surface area contributed by atoms with Crippen LogP contribution in [0.4, 0.5) is 0 Å².